The second kappa shape index (κ2) is 10.3. The number of aryl methyl sites for hydroxylation is 1. The smallest absolute Gasteiger partial charge is 0.410 e. The number of nitrogens with one attached hydrogen (secondary N) is 1. The Bertz CT molecular complexity index is 1300. The van der Waals surface area contributed by atoms with Crippen LogP contribution in [0.15, 0.2) is 36.4 Å². The average molecular weight is 493 g/mol. The van der Waals surface area contributed by atoms with Gasteiger partial charge in [0.25, 0.3) is 0 Å². The van der Waals surface area contributed by atoms with Crippen LogP contribution in [-0.4, -0.2) is 54.0 Å². The Morgan fingerprint density at radius 3 is 2.44 bits per heavy atom. The zero-order valence-electron chi connectivity index (χ0n) is 22.0. The van der Waals surface area contributed by atoms with Crippen molar-refractivity contribution in [2.24, 2.45) is 0 Å². The molecule has 7 nitrogen and oxygen atoms in total. The third-order valence-electron chi connectivity index (χ3n) is 6.53. The van der Waals surface area contributed by atoms with Gasteiger partial charge in [-0.2, -0.15) is 0 Å². The number of methoxy groups -OCH3 is 2. The van der Waals surface area contributed by atoms with Gasteiger partial charge in [0, 0.05) is 35.2 Å². The Balaban J connectivity index is 1.72. The van der Waals surface area contributed by atoms with Crippen LogP contribution >= 0.6 is 0 Å². The van der Waals surface area contributed by atoms with Crippen molar-refractivity contribution in [3.05, 3.63) is 53.1 Å². The van der Waals surface area contributed by atoms with E-state index in [0.717, 1.165) is 45.3 Å². The number of aliphatic hydroxyl groups excluding tert-OH is 1. The lowest BCUT2D eigenvalue weighted by atomic mass is 9.92. The highest BCUT2D eigenvalue weighted by Crippen LogP contribution is 2.38. The molecule has 3 aromatic rings. The third kappa shape index (κ3) is 5.07. The molecule has 0 bridgehead atoms. The fourth-order valence-electron chi connectivity index (χ4n) is 4.78. The van der Waals surface area contributed by atoms with Crippen molar-refractivity contribution >= 4 is 22.6 Å². The van der Waals surface area contributed by atoms with Crippen molar-refractivity contribution in [3.63, 3.8) is 0 Å². The van der Waals surface area contributed by atoms with Crippen LogP contribution in [0.5, 0.6) is 11.5 Å². The lowest BCUT2D eigenvalue weighted by Crippen LogP contribution is -2.39. The van der Waals surface area contributed by atoms with Crippen molar-refractivity contribution in [2.45, 2.75) is 52.7 Å². The van der Waals surface area contributed by atoms with E-state index in [1.54, 1.807) is 19.1 Å². The third-order valence-corrected chi connectivity index (χ3v) is 6.53. The first-order chi connectivity index (χ1) is 17.2. The molecule has 0 fully saturated rings. The highest BCUT2D eigenvalue weighted by molar-refractivity contribution is 5.94. The molecule has 1 aliphatic rings. The molecule has 0 saturated carbocycles. The lowest BCUT2D eigenvalue weighted by molar-refractivity contribution is 0.0270. The summed E-state index contributed by atoms with van der Waals surface area (Å²) in [7, 11) is 3.26. The zero-order valence-corrected chi connectivity index (χ0v) is 22.0. The molecule has 0 unspecified atom stereocenters. The van der Waals surface area contributed by atoms with Crippen LogP contribution < -0.4 is 9.47 Å². The number of aliphatic hydroxyl groups is 1. The van der Waals surface area contributed by atoms with Crippen molar-refractivity contribution in [1.29, 1.82) is 0 Å². The van der Waals surface area contributed by atoms with E-state index in [1.807, 2.05) is 45.0 Å². The minimum absolute atomic E-state index is 0.0649. The number of aromatic nitrogens is 1. The first-order valence-electron chi connectivity index (χ1n) is 12.4. The highest BCUT2D eigenvalue weighted by Gasteiger charge is 2.25. The first-order valence-corrected chi connectivity index (χ1v) is 12.4. The number of benzene rings is 2. The Kier molecular flexibility index (Phi) is 7.31. The second-order valence-electron chi connectivity index (χ2n) is 10.0. The van der Waals surface area contributed by atoms with Crippen molar-refractivity contribution in [2.75, 3.05) is 27.3 Å². The van der Waals surface area contributed by atoms with Crippen LogP contribution in [0.25, 0.3) is 27.7 Å². The molecule has 2 heterocycles. The zero-order chi connectivity index (χ0) is 26.0. The first kappa shape index (κ1) is 25.6. The SMILES string of the molecule is CCc1c(-c2ccc(OC)c(OC)c2)[nH]c2cc(CO)c(C3=CCN(C(=O)OC(C)(C)C)CC3)cc12. The van der Waals surface area contributed by atoms with Gasteiger partial charge in [-0.05, 0) is 86.2 Å². The minimum atomic E-state index is -0.521. The molecule has 2 aromatic carbocycles. The number of amides is 1. The summed E-state index contributed by atoms with van der Waals surface area (Å²) in [4.78, 5) is 17.8. The van der Waals surface area contributed by atoms with Crippen molar-refractivity contribution in [3.8, 4) is 22.8 Å². The monoisotopic (exact) mass is 492 g/mol. The van der Waals surface area contributed by atoms with Gasteiger partial charge >= 0.3 is 6.09 Å². The van der Waals surface area contributed by atoms with Gasteiger partial charge in [-0.3, -0.25) is 0 Å². The molecule has 0 atom stereocenters. The number of ether oxygens (including phenoxy) is 3. The van der Waals surface area contributed by atoms with E-state index in [-0.39, 0.29) is 12.7 Å². The fraction of sp³-hybridized carbons (Fsp3) is 0.414. The van der Waals surface area contributed by atoms with Crippen LogP contribution in [0, 0.1) is 0 Å². The van der Waals surface area contributed by atoms with Crippen molar-refractivity contribution < 1.29 is 24.1 Å². The van der Waals surface area contributed by atoms with Crippen LogP contribution in [0.3, 0.4) is 0 Å². The molecular formula is C29H36N2O5. The van der Waals surface area contributed by atoms with Gasteiger partial charge in [-0.1, -0.05) is 13.0 Å². The van der Waals surface area contributed by atoms with E-state index < -0.39 is 5.60 Å². The maximum absolute atomic E-state index is 12.5. The second-order valence-corrected chi connectivity index (χ2v) is 10.0. The van der Waals surface area contributed by atoms with Gasteiger partial charge in [0.2, 0.25) is 0 Å². The lowest BCUT2D eigenvalue weighted by Gasteiger charge is -2.30. The number of carbonyl (C=O) groups excluding carboxylic acids is 1. The van der Waals surface area contributed by atoms with Gasteiger partial charge in [-0.25, -0.2) is 4.79 Å². The largest absolute Gasteiger partial charge is 0.493 e. The van der Waals surface area contributed by atoms with Gasteiger partial charge in [-0.15, -0.1) is 0 Å². The van der Waals surface area contributed by atoms with Gasteiger partial charge in [0.15, 0.2) is 11.5 Å². The van der Waals surface area contributed by atoms with E-state index in [2.05, 4.69) is 24.1 Å². The Hall–Kier alpha value is -3.45. The van der Waals surface area contributed by atoms with Crippen molar-refractivity contribution in [1.82, 2.24) is 9.88 Å². The molecule has 0 aliphatic carbocycles. The number of hydrogen-bond acceptors (Lipinski definition) is 5. The summed E-state index contributed by atoms with van der Waals surface area (Å²) >= 11 is 0. The number of carbonyl (C=O) groups is 1. The fourth-order valence-corrected chi connectivity index (χ4v) is 4.78. The summed E-state index contributed by atoms with van der Waals surface area (Å²) in [5, 5.41) is 11.3. The standard InChI is InChI=1S/C29H36N2O5/c1-7-21-23-16-22(18-10-12-31(13-11-18)28(33)36-29(2,3)4)20(17-32)14-24(23)30-27(21)19-8-9-25(34-5)26(15-19)35-6/h8-10,14-16,30,32H,7,11-13,17H2,1-6H3. The Labute approximate surface area is 212 Å². The molecule has 1 aliphatic heterocycles. The van der Waals surface area contributed by atoms with E-state index in [4.69, 9.17) is 14.2 Å². The van der Waals surface area contributed by atoms with E-state index in [1.165, 1.54) is 5.56 Å². The summed E-state index contributed by atoms with van der Waals surface area (Å²) in [5.41, 5.74) is 6.74. The normalized spacial score (nSPS) is 14.1. The molecule has 192 valence electrons. The predicted octanol–water partition coefficient (Wildman–Crippen LogP) is 5.93. The maximum Gasteiger partial charge on any atom is 0.410 e. The summed E-state index contributed by atoms with van der Waals surface area (Å²) in [6, 6.07) is 10.1. The maximum atomic E-state index is 12.5. The van der Waals surface area contributed by atoms with E-state index in [9.17, 15) is 9.90 Å². The number of H-pyrrole nitrogens is 1. The minimum Gasteiger partial charge on any atom is -0.493 e. The van der Waals surface area contributed by atoms with E-state index >= 15 is 0 Å². The summed E-state index contributed by atoms with van der Waals surface area (Å²) in [6.07, 6.45) is 3.31. The molecule has 0 saturated heterocycles. The van der Waals surface area contributed by atoms with Crippen LogP contribution in [0.1, 0.15) is 50.8 Å². The molecule has 36 heavy (non-hydrogen) atoms. The summed E-state index contributed by atoms with van der Waals surface area (Å²) in [5.74, 6) is 1.36. The highest BCUT2D eigenvalue weighted by atomic mass is 16.6. The molecule has 7 heteroatoms. The molecule has 0 radical (unpaired) electrons. The predicted molar refractivity (Wildman–Crippen MR) is 143 cm³/mol. The summed E-state index contributed by atoms with van der Waals surface area (Å²) < 4.78 is 16.4. The van der Waals surface area contributed by atoms with Gasteiger partial charge in [0.1, 0.15) is 5.60 Å². The average Bonchev–Trinajstić information content (AvgIpc) is 3.23. The topological polar surface area (TPSA) is 84.0 Å². The number of aromatic amines is 1. The molecule has 2 N–H and O–H groups in total. The van der Waals surface area contributed by atoms with Crippen LogP contribution in [-0.2, 0) is 17.8 Å². The van der Waals surface area contributed by atoms with Crippen LogP contribution in [0.4, 0.5) is 4.79 Å². The van der Waals surface area contributed by atoms with E-state index in [0.29, 0.717) is 31.0 Å². The molecule has 0 spiro atoms. The number of nitrogens with zero attached hydrogens (tertiary/aromatic N) is 1. The quantitative estimate of drug-likeness (QED) is 0.446. The van der Waals surface area contributed by atoms with Gasteiger partial charge in [0.05, 0.1) is 20.8 Å². The van der Waals surface area contributed by atoms with Crippen LogP contribution in [0.2, 0.25) is 0 Å². The number of fused-ring (bicyclic) bond motifs is 1. The number of hydrogen-bond donors (Lipinski definition) is 2. The number of rotatable bonds is 6. The molecule has 1 aromatic heterocycles. The molecule has 4 rings (SSSR count). The molecular weight excluding hydrogens is 456 g/mol. The Morgan fingerprint density at radius 2 is 1.86 bits per heavy atom. The van der Waals surface area contributed by atoms with Gasteiger partial charge < -0.3 is 29.2 Å². The molecule has 1 amide bonds. The Morgan fingerprint density at radius 1 is 1.11 bits per heavy atom. The summed E-state index contributed by atoms with van der Waals surface area (Å²) in [6.45, 7) is 8.76.